The van der Waals surface area contributed by atoms with Gasteiger partial charge in [0.25, 0.3) is 0 Å². The molecule has 2 aliphatic rings. The van der Waals surface area contributed by atoms with Crippen molar-refractivity contribution in [2.24, 2.45) is 0 Å². The standard InChI is InChI=1S/C120H84N2/c1-119(2)115-40-16-15-37-109(115)110-66-52-86(74-116(110)119)79-45-56-94(57-46-79)121(95-60-47-81(48-61-95)113-72-91-22-6-9-31-102(91)105-33-11-13-35-107(105)113)93-54-41-77(42-55-93)84-26-18-28-89(70-84)101-39-20-29-90-71-85(51-65-104(90)101)87-53-67-111-112-68-64-98(76-118(112)120(3,4)117(111)75-87)122(97-62-49-82(50-63-97)114-73-92-23-7-10-32-103(92)106-34-12-14-36-108(106)114)96-58-43-78(44-59-96)83-25-17-27-88(69-83)100-38-19-24-80-21-5-8-30-99(80)100/h5-76H,1-4H3. The maximum atomic E-state index is 2.46. The number of nitrogens with zero attached hydrogens (tertiary/aromatic N) is 2. The summed E-state index contributed by atoms with van der Waals surface area (Å²) < 4.78 is 0. The lowest BCUT2D eigenvalue weighted by molar-refractivity contribution is 0.660. The first-order valence-electron chi connectivity index (χ1n) is 42.7. The Balaban J connectivity index is 0.543. The molecule has 122 heavy (non-hydrogen) atoms. The number of hydrogen-bond donors (Lipinski definition) is 0. The van der Waals surface area contributed by atoms with Gasteiger partial charge in [-0.25, -0.2) is 0 Å². The van der Waals surface area contributed by atoms with Crippen molar-refractivity contribution in [3.05, 3.63) is 459 Å². The third-order valence-corrected chi connectivity index (χ3v) is 26.6. The van der Waals surface area contributed by atoms with Crippen LogP contribution in [0, 0.1) is 0 Å². The lowest BCUT2D eigenvalue weighted by atomic mass is 9.81. The van der Waals surface area contributed by atoms with Crippen molar-refractivity contribution in [1.29, 1.82) is 0 Å². The summed E-state index contributed by atoms with van der Waals surface area (Å²) in [7, 11) is 0. The minimum absolute atomic E-state index is 0.0833. The maximum Gasteiger partial charge on any atom is 0.0465 e. The average molecular weight is 1550 g/mol. The van der Waals surface area contributed by atoms with Gasteiger partial charge in [-0.15, -0.1) is 0 Å². The molecule has 0 radical (unpaired) electrons. The van der Waals surface area contributed by atoms with Gasteiger partial charge in [-0.2, -0.15) is 0 Å². The molecule has 574 valence electrons. The highest BCUT2D eigenvalue weighted by molar-refractivity contribution is 6.15. The zero-order chi connectivity index (χ0) is 81.3. The second-order valence-electron chi connectivity index (χ2n) is 34.3. The minimum atomic E-state index is -0.304. The second kappa shape index (κ2) is 28.8. The number of rotatable bonds is 14. The van der Waals surface area contributed by atoms with Crippen molar-refractivity contribution in [1.82, 2.24) is 0 Å². The molecular weight excluding hydrogens is 1470 g/mol. The Kier molecular flexibility index (Phi) is 17.0. The average Bonchev–Trinajstić information content (AvgIpc) is 1.61. The Morgan fingerprint density at radius 2 is 0.426 bits per heavy atom. The molecular formula is C120H84N2. The van der Waals surface area contributed by atoms with Gasteiger partial charge in [0.2, 0.25) is 0 Å². The van der Waals surface area contributed by atoms with Crippen LogP contribution in [0.1, 0.15) is 49.9 Å². The Hall–Kier alpha value is -15.2. The van der Waals surface area contributed by atoms with Crippen LogP contribution in [-0.2, 0) is 10.8 Å². The van der Waals surface area contributed by atoms with Crippen molar-refractivity contribution in [2.45, 2.75) is 38.5 Å². The molecule has 2 aliphatic carbocycles. The summed E-state index contributed by atoms with van der Waals surface area (Å²) in [5.74, 6) is 0. The van der Waals surface area contributed by atoms with Gasteiger partial charge >= 0.3 is 0 Å². The van der Waals surface area contributed by atoms with Crippen LogP contribution < -0.4 is 9.80 Å². The zero-order valence-corrected chi connectivity index (χ0v) is 68.5. The van der Waals surface area contributed by atoms with Gasteiger partial charge in [-0.05, 0) is 313 Å². The van der Waals surface area contributed by atoms with Crippen LogP contribution in [0.2, 0.25) is 0 Å². The van der Waals surface area contributed by atoms with Gasteiger partial charge in [0.05, 0.1) is 0 Å². The molecule has 0 atom stereocenters. The molecule has 2 nitrogen and oxygen atoms in total. The fraction of sp³-hybridized carbons (Fsp3) is 0.0500. The van der Waals surface area contributed by atoms with E-state index in [0.717, 1.165) is 45.3 Å². The number of hydrogen-bond acceptors (Lipinski definition) is 2. The van der Waals surface area contributed by atoms with Gasteiger partial charge in [0, 0.05) is 45.0 Å². The summed E-state index contributed by atoms with van der Waals surface area (Å²) in [5.41, 5.74) is 36.0. The summed E-state index contributed by atoms with van der Waals surface area (Å²) in [5, 5.41) is 15.0. The highest BCUT2D eigenvalue weighted by atomic mass is 15.1. The van der Waals surface area contributed by atoms with Crippen LogP contribution in [0.3, 0.4) is 0 Å². The topological polar surface area (TPSA) is 6.48 Å². The first-order valence-corrected chi connectivity index (χ1v) is 42.7. The van der Waals surface area contributed by atoms with E-state index in [-0.39, 0.29) is 10.8 Å². The molecule has 23 rings (SSSR count). The second-order valence-corrected chi connectivity index (χ2v) is 34.3. The van der Waals surface area contributed by atoms with E-state index in [1.807, 2.05) is 0 Å². The molecule has 0 unspecified atom stereocenters. The molecule has 0 spiro atoms. The van der Waals surface area contributed by atoms with E-state index in [1.54, 1.807) is 0 Å². The van der Waals surface area contributed by atoms with E-state index in [4.69, 9.17) is 0 Å². The fourth-order valence-corrected chi connectivity index (χ4v) is 20.3. The highest BCUT2D eigenvalue weighted by Crippen LogP contribution is 2.54. The summed E-state index contributed by atoms with van der Waals surface area (Å²) in [6.07, 6.45) is 0. The molecule has 0 amide bonds. The van der Waals surface area contributed by atoms with E-state index in [2.05, 4.69) is 474 Å². The summed E-state index contributed by atoms with van der Waals surface area (Å²) in [6.45, 7) is 9.54. The molecule has 0 fully saturated rings. The molecule has 21 aromatic rings. The normalized spacial score (nSPS) is 12.9. The van der Waals surface area contributed by atoms with Crippen molar-refractivity contribution < 1.29 is 0 Å². The summed E-state index contributed by atoms with van der Waals surface area (Å²) in [6, 6.07) is 163. The SMILES string of the molecule is CC1(C)c2ccccc2-c2ccc(-c3ccc(N(c4ccc(-c5cccc(-c6cccc7cc(-c8ccc9c(c8)C(C)(C)c8cc(N(c%10ccc(-c%11cccc(-c%12cccc%13ccccc%12%13)c%11)cc%10)c%10ccc(-c%11cc%12ccccc%12c%12ccccc%11%12)cc%10)ccc8-9)ccc67)c5)cc4)c4ccc(-c5cc6ccccc6c6ccccc56)cc4)cc3)cc21. The first kappa shape index (κ1) is 72.0. The Morgan fingerprint density at radius 1 is 0.139 bits per heavy atom. The molecule has 0 heterocycles. The lowest BCUT2D eigenvalue weighted by Crippen LogP contribution is -2.16. The molecule has 0 N–H and O–H groups in total. The lowest BCUT2D eigenvalue weighted by Gasteiger charge is -2.28. The maximum absolute atomic E-state index is 2.46. The highest BCUT2D eigenvalue weighted by Gasteiger charge is 2.38. The van der Waals surface area contributed by atoms with Gasteiger partial charge in [0.15, 0.2) is 0 Å². The predicted molar refractivity (Wildman–Crippen MR) is 519 cm³/mol. The molecule has 0 saturated carbocycles. The Morgan fingerprint density at radius 3 is 0.926 bits per heavy atom. The van der Waals surface area contributed by atoms with E-state index >= 15 is 0 Å². The molecule has 0 aromatic heterocycles. The minimum Gasteiger partial charge on any atom is -0.311 e. The van der Waals surface area contributed by atoms with Gasteiger partial charge in [-0.3, -0.25) is 0 Å². The van der Waals surface area contributed by atoms with Crippen LogP contribution in [0.5, 0.6) is 0 Å². The smallest absolute Gasteiger partial charge is 0.0465 e. The third-order valence-electron chi connectivity index (χ3n) is 26.6. The molecule has 2 heteroatoms. The van der Waals surface area contributed by atoms with Crippen LogP contribution in [0.4, 0.5) is 34.1 Å². The van der Waals surface area contributed by atoms with E-state index in [1.165, 1.54) is 187 Å². The van der Waals surface area contributed by atoms with Crippen LogP contribution in [0.15, 0.2) is 437 Å². The number of fused-ring (bicyclic) bond motifs is 14. The number of benzene rings is 21. The van der Waals surface area contributed by atoms with Crippen LogP contribution in [0.25, 0.3) is 176 Å². The number of anilines is 6. The molecule has 0 aliphatic heterocycles. The largest absolute Gasteiger partial charge is 0.311 e. The van der Waals surface area contributed by atoms with Crippen molar-refractivity contribution in [3.8, 4) is 111 Å². The van der Waals surface area contributed by atoms with Crippen molar-refractivity contribution in [3.63, 3.8) is 0 Å². The van der Waals surface area contributed by atoms with Crippen LogP contribution in [-0.4, -0.2) is 0 Å². The van der Waals surface area contributed by atoms with E-state index in [9.17, 15) is 0 Å². The Labute approximate surface area is 712 Å². The van der Waals surface area contributed by atoms with E-state index in [0.29, 0.717) is 0 Å². The van der Waals surface area contributed by atoms with Crippen LogP contribution >= 0.6 is 0 Å². The molecule has 21 aromatic carbocycles. The summed E-state index contributed by atoms with van der Waals surface area (Å²) in [4.78, 5) is 4.84. The molecule has 0 saturated heterocycles. The summed E-state index contributed by atoms with van der Waals surface area (Å²) >= 11 is 0. The van der Waals surface area contributed by atoms with Gasteiger partial charge < -0.3 is 9.80 Å². The predicted octanol–water partition coefficient (Wildman–Crippen LogP) is 33.5. The monoisotopic (exact) mass is 1550 g/mol. The third kappa shape index (κ3) is 12.1. The zero-order valence-electron chi connectivity index (χ0n) is 68.5. The van der Waals surface area contributed by atoms with Crippen molar-refractivity contribution in [2.75, 3.05) is 9.80 Å². The van der Waals surface area contributed by atoms with Crippen molar-refractivity contribution >= 4 is 98.8 Å². The van der Waals surface area contributed by atoms with E-state index < -0.39 is 0 Å². The quantitative estimate of drug-likeness (QED) is 0.100. The van der Waals surface area contributed by atoms with Gasteiger partial charge in [-0.1, -0.05) is 349 Å². The molecule has 0 bridgehead atoms. The van der Waals surface area contributed by atoms with Gasteiger partial charge in [0.1, 0.15) is 0 Å². The first-order chi connectivity index (χ1) is 59.9. The fourth-order valence-electron chi connectivity index (χ4n) is 20.3. The Bertz CT molecular complexity index is 7770.